The van der Waals surface area contributed by atoms with Crippen LogP contribution in [-0.4, -0.2) is 48.1 Å². The van der Waals surface area contributed by atoms with E-state index in [9.17, 15) is 14.3 Å². The first-order valence-electron chi connectivity index (χ1n) is 7.23. The minimum absolute atomic E-state index is 0.138. The van der Waals surface area contributed by atoms with Crippen molar-refractivity contribution in [3.63, 3.8) is 0 Å². The standard InChI is InChI=1S/C15H17BrFNO5/c1-7-12-11(6-19)23-18(13(12)15(20)22-7)5-8-3-9(17)4-10(16)14(8)21-2/h3-4,7,11-13,19H,5-6H2,1-2H3/t7-,11-,12+,13-/m0/s1. The van der Waals surface area contributed by atoms with E-state index in [2.05, 4.69) is 15.9 Å². The number of hydroxylamine groups is 2. The van der Waals surface area contributed by atoms with E-state index in [0.717, 1.165) is 0 Å². The summed E-state index contributed by atoms with van der Waals surface area (Å²) in [5, 5.41) is 10.9. The molecule has 0 amide bonds. The SMILES string of the molecule is COc1c(Br)cc(F)cc1CN1O[C@@H](CO)[C@H]2[C@H](C)OC(=O)[C@H]21. The molecule has 0 spiro atoms. The Labute approximate surface area is 141 Å². The van der Waals surface area contributed by atoms with E-state index in [1.807, 2.05) is 0 Å². The number of hydrogen-bond donors (Lipinski definition) is 1. The smallest absolute Gasteiger partial charge is 0.326 e. The lowest BCUT2D eigenvalue weighted by Crippen LogP contribution is -2.35. The van der Waals surface area contributed by atoms with Crippen LogP contribution in [0.25, 0.3) is 0 Å². The Morgan fingerprint density at radius 1 is 1.48 bits per heavy atom. The van der Waals surface area contributed by atoms with Gasteiger partial charge >= 0.3 is 5.97 Å². The fourth-order valence-corrected chi connectivity index (χ4v) is 3.92. The van der Waals surface area contributed by atoms with E-state index >= 15 is 0 Å². The summed E-state index contributed by atoms with van der Waals surface area (Å²) in [6.45, 7) is 1.69. The molecule has 0 bridgehead atoms. The zero-order valence-corrected chi connectivity index (χ0v) is 14.2. The van der Waals surface area contributed by atoms with Gasteiger partial charge in [0.2, 0.25) is 0 Å². The van der Waals surface area contributed by atoms with Crippen LogP contribution in [-0.2, 0) is 20.9 Å². The van der Waals surface area contributed by atoms with Crippen LogP contribution in [0.15, 0.2) is 16.6 Å². The maximum absolute atomic E-state index is 13.7. The molecule has 0 unspecified atom stereocenters. The van der Waals surface area contributed by atoms with Crippen LogP contribution in [0.3, 0.4) is 0 Å². The number of nitrogens with zero attached hydrogens (tertiary/aromatic N) is 1. The highest BCUT2D eigenvalue weighted by molar-refractivity contribution is 9.10. The Balaban J connectivity index is 1.90. The van der Waals surface area contributed by atoms with Gasteiger partial charge < -0.3 is 14.6 Å². The van der Waals surface area contributed by atoms with Gasteiger partial charge in [-0.25, -0.2) is 4.39 Å². The maximum atomic E-state index is 13.7. The van der Waals surface area contributed by atoms with Gasteiger partial charge in [-0.15, -0.1) is 0 Å². The van der Waals surface area contributed by atoms with Gasteiger partial charge in [0.05, 0.1) is 30.7 Å². The molecule has 4 atom stereocenters. The second-order valence-corrected chi connectivity index (χ2v) is 6.50. The number of methoxy groups -OCH3 is 1. The van der Waals surface area contributed by atoms with Crippen LogP contribution in [0.1, 0.15) is 12.5 Å². The van der Waals surface area contributed by atoms with E-state index in [0.29, 0.717) is 15.8 Å². The molecule has 2 saturated heterocycles. The number of ether oxygens (including phenoxy) is 2. The number of rotatable bonds is 4. The lowest BCUT2D eigenvalue weighted by Gasteiger charge is -2.21. The number of aliphatic hydroxyl groups excluding tert-OH is 1. The van der Waals surface area contributed by atoms with Gasteiger partial charge in [0.1, 0.15) is 29.8 Å². The lowest BCUT2D eigenvalue weighted by molar-refractivity contribution is -0.195. The van der Waals surface area contributed by atoms with Crippen molar-refractivity contribution >= 4 is 21.9 Å². The average Bonchev–Trinajstić information content (AvgIpc) is 2.98. The van der Waals surface area contributed by atoms with E-state index < -0.39 is 23.9 Å². The number of cyclic esters (lactones) is 1. The van der Waals surface area contributed by atoms with Crippen molar-refractivity contribution < 1.29 is 28.6 Å². The molecule has 0 aromatic heterocycles. The highest BCUT2D eigenvalue weighted by atomic mass is 79.9. The fourth-order valence-electron chi connectivity index (χ4n) is 3.29. The summed E-state index contributed by atoms with van der Waals surface area (Å²) in [5.41, 5.74) is 0.532. The van der Waals surface area contributed by atoms with Crippen molar-refractivity contribution in [1.82, 2.24) is 5.06 Å². The molecule has 1 N–H and O–H groups in total. The van der Waals surface area contributed by atoms with Gasteiger partial charge in [-0.1, -0.05) is 0 Å². The lowest BCUT2D eigenvalue weighted by atomic mass is 9.93. The molecule has 2 aliphatic heterocycles. The molecular weight excluding hydrogens is 373 g/mol. The molecular formula is C15H17BrFNO5. The van der Waals surface area contributed by atoms with Crippen molar-refractivity contribution in [3.8, 4) is 5.75 Å². The highest BCUT2D eigenvalue weighted by Gasteiger charge is 2.56. The second kappa shape index (κ2) is 6.35. The summed E-state index contributed by atoms with van der Waals surface area (Å²) in [6.07, 6.45) is -0.861. The third kappa shape index (κ3) is 2.84. The van der Waals surface area contributed by atoms with Crippen LogP contribution >= 0.6 is 15.9 Å². The molecule has 1 aromatic rings. The van der Waals surface area contributed by atoms with Gasteiger partial charge in [0.15, 0.2) is 0 Å². The number of hydrogen-bond acceptors (Lipinski definition) is 6. The predicted octanol–water partition coefficient (Wildman–Crippen LogP) is 1.63. The molecule has 6 nitrogen and oxygen atoms in total. The first-order valence-corrected chi connectivity index (χ1v) is 8.02. The Hall–Kier alpha value is -1.22. The molecule has 23 heavy (non-hydrogen) atoms. The third-order valence-corrected chi connectivity index (χ3v) is 4.85. The highest BCUT2D eigenvalue weighted by Crippen LogP contribution is 2.40. The Kier molecular flexibility index (Phi) is 4.59. The summed E-state index contributed by atoms with van der Waals surface area (Å²) in [7, 11) is 1.48. The third-order valence-electron chi connectivity index (χ3n) is 4.26. The molecule has 1 aromatic carbocycles. The zero-order chi connectivity index (χ0) is 16.7. The summed E-state index contributed by atoms with van der Waals surface area (Å²) in [4.78, 5) is 17.8. The normalized spacial score (nSPS) is 30.4. The van der Waals surface area contributed by atoms with Crippen LogP contribution in [0, 0.1) is 11.7 Å². The van der Waals surface area contributed by atoms with Crippen LogP contribution in [0.4, 0.5) is 4.39 Å². The van der Waals surface area contributed by atoms with Crippen molar-refractivity contribution in [3.05, 3.63) is 28.0 Å². The summed E-state index contributed by atoms with van der Waals surface area (Å²) in [5.74, 6) is -0.605. The summed E-state index contributed by atoms with van der Waals surface area (Å²) in [6, 6.07) is 2.02. The monoisotopic (exact) mass is 389 g/mol. The van der Waals surface area contributed by atoms with Gasteiger partial charge in [-0.3, -0.25) is 9.63 Å². The van der Waals surface area contributed by atoms with E-state index in [-0.39, 0.29) is 25.2 Å². The maximum Gasteiger partial charge on any atom is 0.326 e. The van der Waals surface area contributed by atoms with Crippen LogP contribution < -0.4 is 4.74 Å². The van der Waals surface area contributed by atoms with Crippen molar-refractivity contribution in [2.24, 2.45) is 5.92 Å². The Bertz CT molecular complexity index is 628. The second-order valence-electron chi connectivity index (χ2n) is 5.65. The number of halogens is 2. The number of benzene rings is 1. The Morgan fingerprint density at radius 3 is 2.87 bits per heavy atom. The molecule has 8 heteroatoms. The van der Waals surface area contributed by atoms with E-state index in [4.69, 9.17) is 14.3 Å². The average molecular weight is 390 g/mol. The largest absolute Gasteiger partial charge is 0.495 e. The van der Waals surface area contributed by atoms with Crippen LogP contribution in [0.2, 0.25) is 0 Å². The first kappa shape index (κ1) is 16.6. The number of fused-ring (bicyclic) bond motifs is 1. The molecule has 0 radical (unpaired) electrons. The van der Waals surface area contributed by atoms with Crippen molar-refractivity contribution in [2.45, 2.75) is 31.7 Å². The first-order chi connectivity index (χ1) is 11.0. The molecule has 2 aliphatic rings. The zero-order valence-electron chi connectivity index (χ0n) is 12.7. The minimum atomic E-state index is -0.617. The van der Waals surface area contributed by atoms with E-state index in [1.54, 1.807) is 6.92 Å². The van der Waals surface area contributed by atoms with Gasteiger partial charge in [0.25, 0.3) is 0 Å². The minimum Gasteiger partial charge on any atom is -0.495 e. The van der Waals surface area contributed by atoms with Gasteiger partial charge in [0, 0.05) is 5.56 Å². The molecule has 0 aliphatic carbocycles. The molecule has 2 fully saturated rings. The topological polar surface area (TPSA) is 68.2 Å². The van der Waals surface area contributed by atoms with Crippen molar-refractivity contribution in [2.75, 3.05) is 13.7 Å². The van der Waals surface area contributed by atoms with Crippen molar-refractivity contribution in [1.29, 1.82) is 0 Å². The summed E-state index contributed by atoms with van der Waals surface area (Å²) < 4.78 is 24.7. The van der Waals surface area contributed by atoms with E-state index in [1.165, 1.54) is 24.3 Å². The number of esters is 1. The molecule has 126 valence electrons. The molecule has 2 heterocycles. The van der Waals surface area contributed by atoms with Gasteiger partial charge in [-0.05, 0) is 35.0 Å². The Morgan fingerprint density at radius 2 is 2.22 bits per heavy atom. The number of carbonyl (C=O) groups excluding carboxylic acids is 1. The number of aliphatic hydroxyl groups is 1. The molecule has 3 rings (SSSR count). The summed E-state index contributed by atoms with van der Waals surface area (Å²) >= 11 is 3.25. The van der Waals surface area contributed by atoms with Crippen LogP contribution in [0.5, 0.6) is 5.75 Å². The van der Waals surface area contributed by atoms with Gasteiger partial charge in [-0.2, -0.15) is 5.06 Å². The fraction of sp³-hybridized carbons (Fsp3) is 0.533. The number of carbonyl (C=O) groups is 1. The quantitative estimate of drug-likeness (QED) is 0.789. The molecule has 0 saturated carbocycles. The predicted molar refractivity (Wildman–Crippen MR) is 81.0 cm³/mol.